The maximum atomic E-state index is 11.5. The molecule has 1 aliphatic heterocycles. The van der Waals surface area contributed by atoms with Crippen LogP contribution in [0.2, 0.25) is 0 Å². The van der Waals surface area contributed by atoms with Crippen LogP contribution in [-0.2, 0) is 21.2 Å². The molecular formula is C19H18N2O5S2. The molecule has 0 saturated carbocycles. The van der Waals surface area contributed by atoms with E-state index < -0.39 is 10.0 Å². The fourth-order valence-electron chi connectivity index (χ4n) is 2.47. The number of imide groups is 1. The summed E-state index contributed by atoms with van der Waals surface area (Å²) in [5, 5.41) is 1.85. The van der Waals surface area contributed by atoms with E-state index in [1.807, 2.05) is 24.3 Å². The summed E-state index contributed by atoms with van der Waals surface area (Å²) in [4.78, 5) is 23.1. The molecule has 9 heteroatoms. The number of carbonyl (C=O) groups is 2. The minimum absolute atomic E-state index is 0.365. The van der Waals surface area contributed by atoms with Crippen LogP contribution in [0, 0.1) is 0 Å². The Morgan fingerprint density at radius 3 is 2.32 bits per heavy atom. The van der Waals surface area contributed by atoms with Crippen molar-refractivity contribution in [2.45, 2.75) is 6.42 Å². The number of hydrogen-bond acceptors (Lipinski definition) is 6. The molecule has 0 radical (unpaired) electrons. The van der Waals surface area contributed by atoms with Crippen molar-refractivity contribution in [3.63, 3.8) is 0 Å². The van der Waals surface area contributed by atoms with Crippen LogP contribution in [0.25, 0.3) is 6.08 Å². The fraction of sp³-hybridized carbons (Fsp3) is 0.158. The molecule has 2 N–H and O–H groups in total. The third-order valence-electron chi connectivity index (χ3n) is 3.74. The Morgan fingerprint density at radius 1 is 1.07 bits per heavy atom. The van der Waals surface area contributed by atoms with E-state index in [4.69, 9.17) is 4.74 Å². The van der Waals surface area contributed by atoms with E-state index in [1.54, 1.807) is 30.3 Å². The third kappa shape index (κ3) is 5.86. The second-order valence-electron chi connectivity index (χ2n) is 6.09. The highest BCUT2D eigenvalue weighted by molar-refractivity contribution is 8.18. The molecule has 1 saturated heterocycles. The van der Waals surface area contributed by atoms with E-state index in [2.05, 4.69) is 10.0 Å². The van der Waals surface area contributed by atoms with Gasteiger partial charge < -0.3 is 4.74 Å². The van der Waals surface area contributed by atoms with Gasteiger partial charge in [-0.1, -0.05) is 24.3 Å². The highest BCUT2D eigenvalue weighted by atomic mass is 32.2. The second kappa shape index (κ2) is 8.49. The maximum Gasteiger partial charge on any atom is 0.290 e. The molecule has 2 aromatic rings. The van der Waals surface area contributed by atoms with Gasteiger partial charge in [-0.05, 0) is 53.2 Å². The minimum atomic E-state index is -3.28. The fourth-order valence-corrected chi connectivity index (χ4v) is 3.72. The summed E-state index contributed by atoms with van der Waals surface area (Å²) >= 11 is 0.880. The zero-order chi connectivity index (χ0) is 20.1. The lowest BCUT2D eigenvalue weighted by atomic mass is 10.1. The van der Waals surface area contributed by atoms with Gasteiger partial charge in [0.2, 0.25) is 10.0 Å². The van der Waals surface area contributed by atoms with E-state index >= 15 is 0 Å². The number of anilines is 1. The highest BCUT2D eigenvalue weighted by Gasteiger charge is 2.24. The minimum Gasteiger partial charge on any atom is -0.493 e. The molecule has 3 rings (SSSR count). The Hall–Kier alpha value is -2.78. The van der Waals surface area contributed by atoms with Gasteiger partial charge in [-0.3, -0.25) is 19.6 Å². The molecule has 28 heavy (non-hydrogen) atoms. The number of thioether (sulfide) groups is 1. The Morgan fingerprint density at radius 2 is 1.75 bits per heavy atom. The van der Waals surface area contributed by atoms with Gasteiger partial charge in [0, 0.05) is 12.1 Å². The number of sulfonamides is 1. The van der Waals surface area contributed by atoms with Crippen LogP contribution < -0.4 is 14.8 Å². The van der Waals surface area contributed by atoms with Crippen molar-refractivity contribution in [1.29, 1.82) is 0 Å². The zero-order valence-electron chi connectivity index (χ0n) is 15.0. The van der Waals surface area contributed by atoms with Crippen LogP contribution in [0.5, 0.6) is 5.75 Å². The first-order valence-electron chi connectivity index (χ1n) is 8.33. The van der Waals surface area contributed by atoms with Crippen molar-refractivity contribution in [2.75, 3.05) is 17.6 Å². The summed E-state index contributed by atoms with van der Waals surface area (Å²) in [7, 11) is -3.28. The van der Waals surface area contributed by atoms with Crippen molar-refractivity contribution in [3.05, 3.63) is 64.6 Å². The molecule has 1 fully saturated rings. The standard InChI is InChI=1S/C19H18N2O5S2/c1-28(24,25)21-15-6-2-13(3-7-15)10-11-26-16-8-4-14(5-9-16)12-17-18(22)20-19(23)27-17/h2-9,12,21H,10-11H2,1H3,(H,20,22,23). The van der Waals surface area contributed by atoms with Crippen LogP contribution >= 0.6 is 11.8 Å². The number of amides is 2. The van der Waals surface area contributed by atoms with Crippen molar-refractivity contribution in [1.82, 2.24) is 5.32 Å². The van der Waals surface area contributed by atoms with E-state index in [0.717, 1.165) is 29.1 Å². The second-order valence-corrected chi connectivity index (χ2v) is 8.85. The summed E-state index contributed by atoms with van der Waals surface area (Å²) in [5.74, 6) is 0.310. The Labute approximate surface area is 167 Å². The molecule has 1 aliphatic rings. The van der Waals surface area contributed by atoms with Crippen LogP contribution in [-0.4, -0.2) is 32.4 Å². The topological polar surface area (TPSA) is 102 Å². The summed E-state index contributed by atoms with van der Waals surface area (Å²) < 4.78 is 30.5. The molecule has 2 aromatic carbocycles. The van der Waals surface area contributed by atoms with Crippen LogP contribution in [0.3, 0.4) is 0 Å². The lowest BCUT2D eigenvalue weighted by Gasteiger charge is -2.08. The molecule has 2 amide bonds. The van der Waals surface area contributed by atoms with E-state index in [1.165, 1.54) is 0 Å². The molecule has 0 aliphatic carbocycles. The van der Waals surface area contributed by atoms with Gasteiger partial charge in [-0.15, -0.1) is 0 Å². The highest BCUT2D eigenvalue weighted by Crippen LogP contribution is 2.26. The molecule has 0 bridgehead atoms. The average Bonchev–Trinajstić information content (AvgIpc) is 2.94. The van der Waals surface area contributed by atoms with Gasteiger partial charge in [0.1, 0.15) is 5.75 Å². The number of nitrogens with one attached hydrogen (secondary N) is 2. The summed E-state index contributed by atoms with van der Waals surface area (Å²) in [6, 6.07) is 14.3. The van der Waals surface area contributed by atoms with E-state index in [0.29, 0.717) is 29.4 Å². The first-order valence-corrected chi connectivity index (χ1v) is 11.0. The summed E-state index contributed by atoms with van der Waals surface area (Å²) in [6.07, 6.45) is 3.43. The van der Waals surface area contributed by atoms with Gasteiger partial charge in [0.05, 0.1) is 17.8 Å². The largest absolute Gasteiger partial charge is 0.493 e. The van der Waals surface area contributed by atoms with Crippen LogP contribution in [0.1, 0.15) is 11.1 Å². The van der Waals surface area contributed by atoms with Crippen LogP contribution in [0.4, 0.5) is 10.5 Å². The first kappa shape index (κ1) is 20.0. The maximum absolute atomic E-state index is 11.5. The third-order valence-corrected chi connectivity index (χ3v) is 5.15. The molecular weight excluding hydrogens is 400 g/mol. The Kier molecular flexibility index (Phi) is 6.05. The molecule has 1 heterocycles. The molecule has 0 unspecified atom stereocenters. The van der Waals surface area contributed by atoms with Crippen molar-refractivity contribution in [3.8, 4) is 5.75 Å². The lowest BCUT2D eigenvalue weighted by Crippen LogP contribution is -2.17. The normalized spacial score (nSPS) is 15.5. The van der Waals surface area contributed by atoms with Gasteiger partial charge >= 0.3 is 0 Å². The van der Waals surface area contributed by atoms with Gasteiger partial charge in [-0.25, -0.2) is 8.42 Å². The number of ether oxygens (including phenoxy) is 1. The average molecular weight is 418 g/mol. The molecule has 0 atom stereocenters. The predicted octanol–water partition coefficient (Wildman–Crippen LogP) is 3.00. The quantitative estimate of drug-likeness (QED) is 0.671. The summed E-state index contributed by atoms with van der Waals surface area (Å²) in [6.45, 7) is 0.464. The smallest absolute Gasteiger partial charge is 0.290 e. The lowest BCUT2D eigenvalue weighted by molar-refractivity contribution is -0.115. The number of carbonyl (C=O) groups excluding carboxylic acids is 2. The summed E-state index contributed by atoms with van der Waals surface area (Å²) in [5.41, 5.74) is 2.34. The van der Waals surface area contributed by atoms with Gasteiger partial charge in [0.25, 0.3) is 11.1 Å². The van der Waals surface area contributed by atoms with Crippen molar-refractivity contribution >= 4 is 44.7 Å². The SMILES string of the molecule is CS(=O)(=O)Nc1ccc(CCOc2ccc(C=C3SC(=O)NC3=O)cc2)cc1. The number of benzene rings is 2. The van der Waals surface area contributed by atoms with Crippen LogP contribution in [0.15, 0.2) is 53.4 Å². The van der Waals surface area contributed by atoms with Gasteiger partial charge in [-0.2, -0.15) is 0 Å². The molecule has 146 valence electrons. The number of hydrogen-bond donors (Lipinski definition) is 2. The predicted molar refractivity (Wildman–Crippen MR) is 110 cm³/mol. The molecule has 0 aromatic heterocycles. The zero-order valence-corrected chi connectivity index (χ0v) is 16.6. The number of rotatable bonds is 7. The van der Waals surface area contributed by atoms with Crippen molar-refractivity contribution < 1.29 is 22.7 Å². The Balaban J connectivity index is 1.51. The molecule has 7 nitrogen and oxygen atoms in total. The Bertz CT molecular complexity index is 1010. The van der Waals surface area contributed by atoms with Crippen molar-refractivity contribution in [2.24, 2.45) is 0 Å². The molecule has 0 spiro atoms. The first-order chi connectivity index (χ1) is 13.3. The van der Waals surface area contributed by atoms with Gasteiger partial charge in [0.15, 0.2) is 0 Å². The van der Waals surface area contributed by atoms with E-state index in [9.17, 15) is 18.0 Å². The van der Waals surface area contributed by atoms with E-state index in [-0.39, 0.29) is 11.1 Å². The monoisotopic (exact) mass is 418 g/mol.